The Labute approximate surface area is 157 Å². The maximum atomic E-state index is 12.6. The molecular weight excluding hydrogens is 350 g/mol. The lowest BCUT2D eigenvalue weighted by Gasteiger charge is -2.15. The molecule has 3 aromatic carbocycles. The van der Waals surface area contributed by atoms with Crippen molar-refractivity contribution in [1.29, 1.82) is 0 Å². The van der Waals surface area contributed by atoms with Crippen LogP contribution in [0.3, 0.4) is 0 Å². The molecule has 0 aromatic heterocycles. The lowest BCUT2D eigenvalue weighted by molar-refractivity contribution is -0.115. The molecule has 0 heterocycles. The van der Waals surface area contributed by atoms with Gasteiger partial charge in [-0.05, 0) is 30.7 Å². The van der Waals surface area contributed by atoms with Crippen LogP contribution < -0.4 is 5.32 Å². The fourth-order valence-corrected chi connectivity index (χ4v) is 3.63. The third kappa shape index (κ3) is 4.44. The van der Waals surface area contributed by atoms with Crippen molar-refractivity contribution in [1.82, 2.24) is 0 Å². The fourth-order valence-electron chi connectivity index (χ4n) is 2.48. The summed E-state index contributed by atoms with van der Waals surface area (Å²) in [6, 6.07) is 25.4. The summed E-state index contributed by atoms with van der Waals surface area (Å²) in [7, 11) is 0. The number of thioether (sulfide) groups is 1. The molecule has 0 spiro atoms. The number of anilines is 1. The number of benzene rings is 3. The maximum absolute atomic E-state index is 12.6. The van der Waals surface area contributed by atoms with Crippen LogP contribution in [0, 0.1) is 0 Å². The first-order chi connectivity index (χ1) is 12.1. The molecule has 0 fully saturated rings. The number of nitrogens with one attached hydrogen (secondary N) is 1. The molecule has 3 rings (SSSR count). The molecule has 1 N–H and O–H groups in total. The Hall–Kier alpha value is -2.23. The van der Waals surface area contributed by atoms with E-state index in [0.717, 1.165) is 21.7 Å². The molecule has 1 atom stereocenters. The van der Waals surface area contributed by atoms with E-state index < -0.39 is 0 Å². The minimum Gasteiger partial charge on any atom is -0.325 e. The number of hydrogen-bond acceptors (Lipinski definition) is 2. The van der Waals surface area contributed by atoms with Crippen molar-refractivity contribution >= 4 is 35.0 Å². The molecule has 0 aliphatic heterocycles. The average Bonchev–Trinajstić information content (AvgIpc) is 2.64. The molecule has 4 heteroatoms. The predicted molar refractivity (Wildman–Crippen MR) is 107 cm³/mol. The molecule has 3 aromatic rings. The van der Waals surface area contributed by atoms with Gasteiger partial charge in [0.15, 0.2) is 0 Å². The molecule has 25 heavy (non-hydrogen) atoms. The first kappa shape index (κ1) is 17.6. The van der Waals surface area contributed by atoms with Crippen molar-refractivity contribution in [3.63, 3.8) is 0 Å². The summed E-state index contributed by atoms with van der Waals surface area (Å²) >= 11 is 7.64. The van der Waals surface area contributed by atoms with E-state index in [2.05, 4.69) is 5.32 Å². The summed E-state index contributed by atoms with van der Waals surface area (Å²) in [5.74, 6) is -0.0479. The van der Waals surface area contributed by atoms with Gasteiger partial charge in [0.25, 0.3) is 0 Å². The lowest BCUT2D eigenvalue weighted by Crippen LogP contribution is -2.22. The van der Waals surface area contributed by atoms with E-state index in [-0.39, 0.29) is 11.2 Å². The van der Waals surface area contributed by atoms with Crippen LogP contribution in [0.2, 0.25) is 5.02 Å². The predicted octanol–water partition coefficient (Wildman–Crippen LogP) is 6.13. The zero-order valence-electron chi connectivity index (χ0n) is 13.8. The van der Waals surface area contributed by atoms with Crippen molar-refractivity contribution in [2.75, 3.05) is 5.32 Å². The van der Waals surface area contributed by atoms with Crippen LogP contribution in [0.25, 0.3) is 11.1 Å². The SMILES string of the molecule is C[C@H](Sc1ccccc1Cl)C(=O)Nc1ccccc1-c1ccccc1. The Morgan fingerprint density at radius 1 is 0.920 bits per heavy atom. The van der Waals surface area contributed by atoms with E-state index in [1.807, 2.05) is 85.8 Å². The van der Waals surface area contributed by atoms with Gasteiger partial charge >= 0.3 is 0 Å². The van der Waals surface area contributed by atoms with Crippen molar-refractivity contribution in [2.24, 2.45) is 0 Å². The zero-order valence-corrected chi connectivity index (χ0v) is 15.3. The van der Waals surface area contributed by atoms with Gasteiger partial charge in [-0.1, -0.05) is 72.3 Å². The Morgan fingerprint density at radius 2 is 1.56 bits per heavy atom. The van der Waals surface area contributed by atoms with E-state index in [0.29, 0.717) is 5.02 Å². The molecule has 0 aliphatic rings. The maximum Gasteiger partial charge on any atom is 0.237 e. The molecule has 1 amide bonds. The summed E-state index contributed by atoms with van der Waals surface area (Å²) in [5, 5.41) is 3.45. The van der Waals surface area contributed by atoms with Crippen LogP contribution in [0.15, 0.2) is 83.8 Å². The number of hydrogen-bond donors (Lipinski definition) is 1. The van der Waals surface area contributed by atoms with Crippen LogP contribution in [0.1, 0.15) is 6.92 Å². The zero-order chi connectivity index (χ0) is 17.6. The van der Waals surface area contributed by atoms with Gasteiger partial charge in [0, 0.05) is 16.1 Å². The molecule has 0 saturated carbocycles. The summed E-state index contributed by atoms with van der Waals surface area (Å²) in [6.07, 6.45) is 0. The highest BCUT2D eigenvalue weighted by Crippen LogP contribution is 2.32. The Kier molecular flexibility index (Phi) is 5.79. The number of halogens is 1. The number of rotatable bonds is 5. The molecule has 0 unspecified atom stereocenters. The molecular formula is C21H18ClNOS. The van der Waals surface area contributed by atoms with Gasteiger partial charge in [-0.3, -0.25) is 4.79 Å². The second-order valence-corrected chi connectivity index (χ2v) is 7.38. The number of carbonyl (C=O) groups excluding carboxylic acids is 1. The van der Waals surface area contributed by atoms with E-state index >= 15 is 0 Å². The average molecular weight is 368 g/mol. The van der Waals surface area contributed by atoms with Gasteiger partial charge in [-0.15, -0.1) is 11.8 Å². The van der Waals surface area contributed by atoms with Gasteiger partial charge < -0.3 is 5.32 Å². The monoisotopic (exact) mass is 367 g/mol. The van der Waals surface area contributed by atoms with E-state index in [9.17, 15) is 4.79 Å². The Bertz CT molecular complexity index is 867. The molecule has 0 aliphatic carbocycles. The summed E-state index contributed by atoms with van der Waals surface area (Å²) in [4.78, 5) is 13.5. The van der Waals surface area contributed by atoms with E-state index in [1.54, 1.807) is 0 Å². The largest absolute Gasteiger partial charge is 0.325 e. The first-order valence-corrected chi connectivity index (χ1v) is 9.27. The highest BCUT2D eigenvalue weighted by Gasteiger charge is 2.17. The smallest absolute Gasteiger partial charge is 0.237 e. The third-order valence-electron chi connectivity index (χ3n) is 3.78. The van der Waals surface area contributed by atoms with Crippen molar-refractivity contribution in [2.45, 2.75) is 17.1 Å². The molecule has 0 bridgehead atoms. The number of para-hydroxylation sites is 1. The van der Waals surface area contributed by atoms with Crippen LogP contribution in [-0.4, -0.2) is 11.2 Å². The number of amides is 1. The topological polar surface area (TPSA) is 29.1 Å². The summed E-state index contributed by atoms with van der Waals surface area (Å²) in [6.45, 7) is 1.88. The lowest BCUT2D eigenvalue weighted by atomic mass is 10.0. The van der Waals surface area contributed by atoms with Crippen LogP contribution in [0.4, 0.5) is 5.69 Å². The minimum absolute atomic E-state index is 0.0479. The van der Waals surface area contributed by atoms with Crippen molar-refractivity contribution in [3.05, 3.63) is 83.9 Å². The highest BCUT2D eigenvalue weighted by molar-refractivity contribution is 8.00. The van der Waals surface area contributed by atoms with Crippen LogP contribution >= 0.6 is 23.4 Å². The van der Waals surface area contributed by atoms with Gasteiger partial charge in [0.05, 0.1) is 10.3 Å². The van der Waals surface area contributed by atoms with Crippen LogP contribution in [0.5, 0.6) is 0 Å². The second kappa shape index (κ2) is 8.24. The van der Waals surface area contributed by atoms with Gasteiger partial charge in [-0.2, -0.15) is 0 Å². The van der Waals surface area contributed by atoms with Crippen molar-refractivity contribution in [3.8, 4) is 11.1 Å². The summed E-state index contributed by atoms with van der Waals surface area (Å²) < 4.78 is 0. The fraction of sp³-hybridized carbons (Fsp3) is 0.0952. The van der Waals surface area contributed by atoms with Gasteiger partial charge in [0.2, 0.25) is 5.91 Å². The Balaban J connectivity index is 1.76. The van der Waals surface area contributed by atoms with Crippen LogP contribution in [-0.2, 0) is 4.79 Å². The molecule has 0 radical (unpaired) electrons. The normalized spacial score (nSPS) is 11.8. The van der Waals surface area contributed by atoms with E-state index in [1.165, 1.54) is 11.8 Å². The number of carbonyl (C=O) groups is 1. The van der Waals surface area contributed by atoms with Gasteiger partial charge in [-0.25, -0.2) is 0 Å². The quantitative estimate of drug-likeness (QED) is 0.550. The minimum atomic E-state index is -0.260. The van der Waals surface area contributed by atoms with Gasteiger partial charge in [0.1, 0.15) is 0 Å². The Morgan fingerprint density at radius 3 is 2.32 bits per heavy atom. The standard InChI is InChI=1S/C21H18ClNOS/c1-15(25-20-14-8-6-12-18(20)22)21(24)23-19-13-7-5-11-17(19)16-9-3-2-4-10-16/h2-15H,1H3,(H,23,24)/t15-/m0/s1. The highest BCUT2D eigenvalue weighted by atomic mass is 35.5. The first-order valence-electron chi connectivity index (χ1n) is 8.01. The second-order valence-electron chi connectivity index (χ2n) is 5.59. The molecule has 126 valence electrons. The molecule has 2 nitrogen and oxygen atoms in total. The third-order valence-corrected chi connectivity index (χ3v) is 5.40. The summed E-state index contributed by atoms with van der Waals surface area (Å²) in [5.41, 5.74) is 2.89. The van der Waals surface area contributed by atoms with Crippen molar-refractivity contribution < 1.29 is 4.79 Å². The molecule has 0 saturated heterocycles. The van der Waals surface area contributed by atoms with E-state index in [4.69, 9.17) is 11.6 Å².